The van der Waals surface area contributed by atoms with Crippen LogP contribution < -0.4 is 10.6 Å². The van der Waals surface area contributed by atoms with Crippen LogP contribution in [0, 0.1) is 12.7 Å². The summed E-state index contributed by atoms with van der Waals surface area (Å²) in [6.07, 6.45) is 1.59. The van der Waals surface area contributed by atoms with Crippen molar-refractivity contribution in [2.75, 3.05) is 5.32 Å². The van der Waals surface area contributed by atoms with Crippen molar-refractivity contribution in [2.45, 2.75) is 84.3 Å². The fourth-order valence-corrected chi connectivity index (χ4v) is 7.30. The molecule has 3 rings (SSSR count). The van der Waals surface area contributed by atoms with Gasteiger partial charge in [-0.25, -0.2) is 19.3 Å². The zero-order valence-electron chi connectivity index (χ0n) is 21.9. The van der Waals surface area contributed by atoms with Crippen molar-refractivity contribution in [1.82, 2.24) is 15.0 Å². The van der Waals surface area contributed by atoms with E-state index in [1.165, 1.54) is 12.1 Å². The lowest BCUT2D eigenvalue weighted by molar-refractivity contribution is -0.170. The van der Waals surface area contributed by atoms with E-state index in [9.17, 15) is 18.5 Å². The molecule has 0 aliphatic rings. The van der Waals surface area contributed by atoms with E-state index in [1.54, 1.807) is 26.1 Å². The van der Waals surface area contributed by atoms with Crippen LogP contribution in [0.25, 0.3) is 11.0 Å². The highest BCUT2D eigenvalue weighted by molar-refractivity contribution is 7.72. The maximum absolute atomic E-state index is 15.3. The Morgan fingerprint density at radius 2 is 1.67 bits per heavy atom. The number of pyridine rings is 1. The maximum atomic E-state index is 15.3. The fraction of sp³-hybridized carbons (Fsp3) is 0.500. The van der Waals surface area contributed by atoms with Gasteiger partial charge in [0.05, 0.1) is 17.0 Å². The van der Waals surface area contributed by atoms with Gasteiger partial charge in [0.2, 0.25) is 0 Å². The first kappa shape index (κ1) is 28.1. The molecule has 0 saturated heterocycles. The molecule has 3 aromatic rings. The van der Waals surface area contributed by atoms with Gasteiger partial charge >= 0.3 is 5.92 Å². The lowest BCUT2D eigenvalue weighted by atomic mass is 9.91. The predicted octanol–water partition coefficient (Wildman–Crippen LogP) is 6.31. The van der Waals surface area contributed by atoms with Crippen LogP contribution in [-0.4, -0.2) is 37.0 Å². The average molecular weight is 523 g/mol. The van der Waals surface area contributed by atoms with Crippen molar-refractivity contribution in [3.63, 3.8) is 0 Å². The summed E-state index contributed by atoms with van der Waals surface area (Å²) < 4.78 is 58.8. The zero-order valence-corrected chi connectivity index (χ0v) is 22.8. The lowest BCUT2D eigenvalue weighted by Crippen LogP contribution is -2.41. The molecule has 0 amide bonds. The highest BCUT2D eigenvalue weighted by atomic mass is 31.2. The first-order valence-corrected chi connectivity index (χ1v) is 13.8. The molecule has 1 aromatic carbocycles. The molecule has 1 atom stereocenters. The molecule has 2 N–H and O–H groups in total. The van der Waals surface area contributed by atoms with Gasteiger partial charge in [0, 0.05) is 28.4 Å². The Morgan fingerprint density at radius 3 is 2.22 bits per heavy atom. The number of fused-ring (bicyclic) bond motifs is 1. The second-order valence-corrected chi connectivity index (χ2v) is 14.3. The number of aromatic nitrogens is 3. The van der Waals surface area contributed by atoms with Gasteiger partial charge in [-0.05, 0) is 39.8 Å². The van der Waals surface area contributed by atoms with Crippen LogP contribution in [-0.2, 0) is 10.5 Å². The highest BCUT2D eigenvalue weighted by Gasteiger charge is 2.49. The van der Waals surface area contributed by atoms with Gasteiger partial charge in [0.1, 0.15) is 30.2 Å². The molecule has 0 bridgehead atoms. The number of nitrogens with one attached hydrogen (secondary N) is 1. The molecule has 0 radical (unpaired) electrons. The van der Waals surface area contributed by atoms with Crippen LogP contribution in [0.4, 0.5) is 19.0 Å². The van der Waals surface area contributed by atoms with Crippen molar-refractivity contribution < 1.29 is 22.8 Å². The second kappa shape index (κ2) is 9.75. The number of aryl methyl sites for hydroxylation is 1. The molecule has 196 valence electrons. The quantitative estimate of drug-likeness (QED) is 0.337. The smallest absolute Gasteiger partial charge is 0.303 e. The van der Waals surface area contributed by atoms with Crippen molar-refractivity contribution in [2.24, 2.45) is 0 Å². The van der Waals surface area contributed by atoms with E-state index in [-0.39, 0.29) is 16.9 Å². The Kier molecular flexibility index (Phi) is 7.60. The number of hydrogen-bond acceptors (Lipinski definition) is 6. The third kappa shape index (κ3) is 4.88. The van der Waals surface area contributed by atoms with E-state index in [0.717, 1.165) is 19.9 Å². The van der Waals surface area contributed by atoms with E-state index >= 15 is 4.39 Å². The fourth-order valence-electron chi connectivity index (χ4n) is 4.34. The monoisotopic (exact) mass is 522 g/mol. The molecule has 36 heavy (non-hydrogen) atoms. The van der Waals surface area contributed by atoms with Gasteiger partial charge in [-0.15, -0.1) is 0 Å². The number of halogens is 3. The number of aliphatic hydroxyl groups is 1. The van der Waals surface area contributed by atoms with Crippen LogP contribution >= 0.6 is 7.14 Å². The van der Waals surface area contributed by atoms with Crippen molar-refractivity contribution in [1.29, 1.82) is 0 Å². The molecule has 0 saturated carbocycles. The number of nitrogens with zero attached hydrogens (tertiary/aromatic N) is 3. The molecule has 0 fully saturated rings. The largest absolute Gasteiger partial charge is 0.384 e. The zero-order chi connectivity index (χ0) is 27.2. The normalized spacial score (nSPS) is 14.1. The van der Waals surface area contributed by atoms with Crippen LogP contribution in [0.5, 0.6) is 0 Å². The van der Waals surface area contributed by atoms with E-state index in [2.05, 4.69) is 20.3 Å². The molecule has 10 heteroatoms. The Hall–Kier alpha value is -2.51. The van der Waals surface area contributed by atoms with Gasteiger partial charge in [0.25, 0.3) is 0 Å². The first-order chi connectivity index (χ1) is 16.5. The summed E-state index contributed by atoms with van der Waals surface area (Å²) in [5.41, 5.74) is -3.18. The minimum atomic E-state index is -3.81. The molecule has 2 aromatic heterocycles. The van der Waals surface area contributed by atoms with Crippen LogP contribution in [0.3, 0.4) is 0 Å². The Labute approximate surface area is 210 Å². The topological polar surface area (TPSA) is 88.0 Å². The molecular formula is C26H34F3N4O2P. The SMILES string of the molecule is Cc1nc(NC(C)c2cccc(C(F)(F)C(C)(C)O)c2F)c2cc(P(=O)(C(C)C)C(C)C)cnc2n1. The third-order valence-electron chi connectivity index (χ3n) is 6.54. The summed E-state index contributed by atoms with van der Waals surface area (Å²) in [5.74, 6) is -4.17. The van der Waals surface area contributed by atoms with Crippen molar-refractivity contribution in [3.8, 4) is 0 Å². The minimum Gasteiger partial charge on any atom is -0.384 e. The third-order valence-corrected chi connectivity index (χ3v) is 10.7. The summed E-state index contributed by atoms with van der Waals surface area (Å²) in [5, 5.41) is 14.1. The Bertz CT molecular complexity index is 1310. The van der Waals surface area contributed by atoms with Gasteiger partial charge in [-0.2, -0.15) is 8.78 Å². The van der Waals surface area contributed by atoms with Gasteiger partial charge in [-0.1, -0.05) is 39.8 Å². The van der Waals surface area contributed by atoms with Gasteiger partial charge in [0.15, 0.2) is 5.65 Å². The Balaban J connectivity index is 2.11. The van der Waals surface area contributed by atoms with Gasteiger partial charge in [-0.3, -0.25) is 0 Å². The number of alkyl halides is 2. The summed E-state index contributed by atoms with van der Waals surface area (Å²) in [4.78, 5) is 13.3. The number of benzene rings is 1. The number of anilines is 1. The van der Waals surface area contributed by atoms with E-state index in [4.69, 9.17) is 0 Å². The van der Waals surface area contributed by atoms with Crippen molar-refractivity contribution >= 4 is 29.3 Å². The molecule has 0 aliphatic carbocycles. The minimum absolute atomic E-state index is 0.0139. The molecule has 6 nitrogen and oxygen atoms in total. The molecule has 1 unspecified atom stereocenters. The molecule has 0 aliphatic heterocycles. The summed E-state index contributed by atoms with van der Waals surface area (Å²) >= 11 is 0. The second-order valence-electron chi connectivity index (χ2n) is 10.3. The van der Waals surface area contributed by atoms with E-state index < -0.39 is 36.1 Å². The van der Waals surface area contributed by atoms with Crippen molar-refractivity contribution in [3.05, 3.63) is 53.2 Å². The number of hydrogen-bond donors (Lipinski definition) is 2. The highest BCUT2D eigenvalue weighted by Crippen LogP contribution is 2.54. The molecular weight excluding hydrogens is 488 g/mol. The molecule has 2 heterocycles. The first-order valence-electron chi connectivity index (χ1n) is 11.9. The maximum Gasteiger partial charge on any atom is 0.303 e. The summed E-state index contributed by atoms with van der Waals surface area (Å²) in [7, 11) is -2.81. The lowest BCUT2D eigenvalue weighted by Gasteiger charge is -2.30. The summed E-state index contributed by atoms with van der Waals surface area (Å²) in [6, 6.07) is 4.69. The van der Waals surface area contributed by atoms with Crippen LogP contribution in [0.15, 0.2) is 30.5 Å². The van der Waals surface area contributed by atoms with E-state index in [1.807, 2.05) is 27.7 Å². The van der Waals surface area contributed by atoms with Crippen LogP contribution in [0.2, 0.25) is 0 Å². The van der Waals surface area contributed by atoms with Crippen LogP contribution in [0.1, 0.15) is 71.5 Å². The molecule has 0 spiro atoms. The van der Waals surface area contributed by atoms with E-state index in [0.29, 0.717) is 28.0 Å². The van der Waals surface area contributed by atoms with Gasteiger partial charge < -0.3 is 15.0 Å². The Morgan fingerprint density at radius 1 is 1.06 bits per heavy atom. The standard InChI is InChI=1S/C26H34F3N4O2P/c1-14(2)36(35,15(3)4)18-12-20-23(30-13-18)32-17(6)33-24(20)31-16(5)19-10-9-11-21(22(19)27)26(28,29)25(7,8)34/h9-16,34H,1-8H3,(H,30,31,32,33). The average Bonchev–Trinajstić information content (AvgIpc) is 2.77. The predicted molar refractivity (Wildman–Crippen MR) is 138 cm³/mol. The number of rotatable bonds is 8. The summed E-state index contributed by atoms with van der Waals surface area (Å²) in [6.45, 7) is 12.8.